The smallest absolute Gasteiger partial charge is 0.233 e. The van der Waals surface area contributed by atoms with Gasteiger partial charge in [0.2, 0.25) is 5.91 Å². The van der Waals surface area contributed by atoms with Crippen molar-refractivity contribution < 1.29 is 14.7 Å². The average molecular weight is 258 g/mol. The summed E-state index contributed by atoms with van der Waals surface area (Å²) in [6, 6.07) is 0. The summed E-state index contributed by atoms with van der Waals surface area (Å²) in [5.74, 6) is -0.392. The summed E-state index contributed by atoms with van der Waals surface area (Å²) in [7, 11) is 2.01. The molecule has 7 heteroatoms. The standard InChI is InChI=1S/C11H22N4O3/c1-11(2,9(12)14-17)10(16)13-6-8-7-15(3)4-5-18-8/h8,17H,4-7H2,1-3H3,(H2,12,14)(H,13,16). The fourth-order valence-electron chi connectivity index (χ4n) is 1.66. The molecule has 0 spiro atoms. The van der Waals surface area contributed by atoms with Gasteiger partial charge in [-0.2, -0.15) is 0 Å². The summed E-state index contributed by atoms with van der Waals surface area (Å²) < 4.78 is 5.53. The molecule has 1 saturated heterocycles. The van der Waals surface area contributed by atoms with Crippen LogP contribution in [0.5, 0.6) is 0 Å². The third-order valence-electron chi connectivity index (χ3n) is 3.15. The summed E-state index contributed by atoms with van der Waals surface area (Å²) in [6.07, 6.45) is -0.0178. The molecule has 0 aromatic rings. The molecule has 1 atom stereocenters. The van der Waals surface area contributed by atoms with E-state index in [0.29, 0.717) is 13.2 Å². The van der Waals surface area contributed by atoms with Gasteiger partial charge >= 0.3 is 0 Å². The topological polar surface area (TPSA) is 100 Å². The van der Waals surface area contributed by atoms with Crippen molar-refractivity contribution >= 4 is 11.7 Å². The lowest BCUT2D eigenvalue weighted by Crippen LogP contribution is -2.51. The highest BCUT2D eigenvalue weighted by Crippen LogP contribution is 2.15. The molecule has 0 aliphatic carbocycles. The van der Waals surface area contributed by atoms with Crippen LogP contribution >= 0.6 is 0 Å². The second-order valence-electron chi connectivity index (χ2n) is 5.08. The second kappa shape index (κ2) is 6.01. The SMILES string of the molecule is CN1CCOC(CNC(=O)C(C)(C)C(N)=NO)C1. The Morgan fingerprint density at radius 2 is 2.33 bits per heavy atom. The van der Waals surface area contributed by atoms with Crippen molar-refractivity contribution in [3.63, 3.8) is 0 Å². The average Bonchev–Trinajstić information content (AvgIpc) is 2.34. The molecule has 104 valence electrons. The van der Waals surface area contributed by atoms with Gasteiger partial charge < -0.3 is 25.9 Å². The largest absolute Gasteiger partial charge is 0.409 e. The van der Waals surface area contributed by atoms with Crippen LogP contribution in [0.15, 0.2) is 5.16 Å². The molecule has 0 saturated carbocycles. The van der Waals surface area contributed by atoms with Crippen molar-refractivity contribution in [1.82, 2.24) is 10.2 Å². The van der Waals surface area contributed by atoms with Crippen LogP contribution in [0, 0.1) is 5.41 Å². The first-order chi connectivity index (χ1) is 8.37. The van der Waals surface area contributed by atoms with E-state index >= 15 is 0 Å². The van der Waals surface area contributed by atoms with Crippen molar-refractivity contribution in [1.29, 1.82) is 0 Å². The Hall–Kier alpha value is -1.34. The van der Waals surface area contributed by atoms with Crippen LogP contribution in [0.2, 0.25) is 0 Å². The summed E-state index contributed by atoms with van der Waals surface area (Å²) in [4.78, 5) is 14.1. The number of carbonyl (C=O) groups is 1. The lowest BCUT2D eigenvalue weighted by atomic mass is 9.91. The van der Waals surface area contributed by atoms with Gasteiger partial charge in [-0.05, 0) is 20.9 Å². The van der Waals surface area contributed by atoms with Crippen LogP contribution in [0.1, 0.15) is 13.8 Å². The van der Waals surface area contributed by atoms with Crippen LogP contribution in [-0.2, 0) is 9.53 Å². The maximum absolute atomic E-state index is 11.9. The zero-order chi connectivity index (χ0) is 13.8. The number of amides is 1. The van der Waals surface area contributed by atoms with E-state index < -0.39 is 5.41 Å². The minimum Gasteiger partial charge on any atom is -0.409 e. The molecular weight excluding hydrogens is 236 g/mol. The number of oxime groups is 1. The van der Waals surface area contributed by atoms with Crippen LogP contribution in [0.25, 0.3) is 0 Å². The van der Waals surface area contributed by atoms with Gasteiger partial charge in [0.1, 0.15) is 5.41 Å². The van der Waals surface area contributed by atoms with Gasteiger partial charge in [0, 0.05) is 19.6 Å². The highest BCUT2D eigenvalue weighted by atomic mass is 16.5. The molecule has 0 aromatic carbocycles. The molecule has 0 radical (unpaired) electrons. The summed E-state index contributed by atoms with van der Waals surface area (Å²) in [5, 5.41) is 14.3. The Morgan fingerprint density at radius 1 is 1.67 bits per heavy atom. The Morgan fingerprint density at radius 3 is 2.89 bits per heavy atom. The predicted molar refractivity (Wildman–Crippen MR) is 67.4 cm³/mol. The number of hydrogen-bond donors (Lipinski definition) is 3. The molecule has 0 aromatic heterocycles. The van der Waals surface area contributed by atoms with Crippen molar-refractivity contribution in [2.75, 3.05) is 33.3 Å². The molecule has 1 aliphatic rings. The number of rotatable bonds is 4. The normalized spacial score (nSPS) is 22.8. The fraction of sp³-hybridized carbons (Fsp3) is 0.818. The third kappa shape index (κ3) is 3.58. The Balaban J connectivity index is 2.45. The van der Waals surface area contributed by atoms with E-state index in [1.54, 1.807) is 13.8 Å². The molecule has 1 rings (SSSR count). The van der Waals surface area contributed by atoms with Gasteiger partial charge in [-0.15, -0.1) is 0 Å². The fourth-order valence-corrected chi connectivity index (χ4v) is 1.66. The lowest BCUT2D eigenvalue weighted by Gasteiger charge is -2.31. The molecule has 1 aliphatic heterocycles. The molecule has 7 nitrogen and oxygen atoms in total. The number of morpholine rings is 1. The Labute approximate surface area is 107 Å². The van der Waals surface area contributed by atoms with Crippen molar-refractivity contribution in [3.8, 4) is 0 Å². The molecule has 1 fully saturated rings. The van der Waals surface area contributed by atoms with E-state index in [0.717, 1.165) is 13.1 Å². The first-order valence-corrected chi connectivity index (χ1v) is 5.94. The van der Waals surface area contributed by atoms with E-state index in [9.17, 15) is 4.79 Å². The molecule has 4 N–H and O–H groups in total. The monoisotopic (exact) mass is 258 g/mol. The number of ether oxygens (including phenoxy) is 1. The van der Waals surface area contributed by atoms with Crippen LogP contribution < -0.4 is 11.1 Å². The zero-order valence-electron chi connectivity index (χ0n) is 11.1. The minimum absolute atomic E-state index is 0.0178. The Kier molecular flexibility index (Phi) is 4.92. The minimum atomic E-state index is -1.03. The molecule has 18 heavy (non-hydrogen) atoms. The second-order valence-corrected chi connectivity index (χ2v) is 5.08. The van der Waals surface area contributed by atoms with Gasteiger partial charge in [-0.1, -0.05) is 5.16 Å². The van der Waals surface area contributed by atoms with Crippen molar-refractivity contribution in [3.05, 3.63) is 0 Å². The van der Waals surface area contributed by atoms with E-state index in [1.807, 2.05) is 7.05 Å². The molecule has 1 heterocycles. The number of amidine groups is 1. The highest BCUT2D eigenvalue weighted by molar-refractivity contribution is 6.05. The van der Waals surface area contributed by atoms with E-state index in [1.165, 1.54) is 0 Å². The van der Waals surface area contributed by atoms with Crippen LogP contribution in [0.4, 0.5) is 0 Å². The van der Waals surface area contributed by atoms with Crippen molar-refractivity contribution in [2.24, 2.45) is 16.3 Å². The summed E-state index contributed by atoms with van der Waals surface area (Å²) >= 11 is 0. The third-order valence-corrected chi connectivity index (χ3v) is 3.15. The van der Waals surface area contributed by atoms with E-state index in [2.05, 4.69) is 15.4 Å². The Bertz CT molecular complexity index is 330. The first-order valence-electron chi connectivity index (χ1n) is 5.94. The van der Waals surface area contributed by atoms with Crippen molar-refractivity contribution in [2.45, 2.75) is 20.0 Å². The van der Waals surface area contributed by atoms with Gasteiger partial charge in [0.15, 0.2) is 5.84 Å². The van der Waals surface area contributed by atoms with E-state index in [-0.39, 0.29) is 17.8 Å². The molecule has 1 unspecified atom stereocenters. The molecule has 0 bridgehead atoms. The number of nitrogens with zero attached hydrogens (tertiary/aromatic N) is 2. The number of nitrogens with two attached hydrogens (primary N) is 1. The van der Waals surface area contributed by atoms with Crippen LogP contribution in [-0.4, -0.2) is 61.2 Å². The zero-order valence-corrected chi connectivity index (χ0v) is 11.1. The number of likely N-dealkylation sites (N-methyl/N-ethyl adjacent to an activating group) is 1. The predicted octanol–water partition coefficient (Wildman–Crippen LogP) is -0.794. The number of carbonyl (C=O) groups excluding carboxylic acids is 1. The molecule has 1 amide bonds. The summed E-state index contributed by atoms with van der Waals surface area (Å²) in [6.45, 7) is 5.98. The quantitative estimate of drug-likeness (QED) is 0.265. The maximum atomic E-state index is 11.9. The van der Waals surface area contributed by atoms with Crippen LogP contribution in [0.3, 0.4) is 0 Å². The van der Waals surface area contributed by atoms with Gasteiger partial charge in [-0.3, -0.25) is 4.79 Å². The summed E-state index contributed by atoms with van der Waals surface area (Å²) in [5.41, 5.74) is 4.45. The number of nitrogens with one attached hydrogen (secondary N) is 1. The lowest BCUT2D eigenvalue weighted by molar-refractivity contribution is -0.127. The van der Waals surface area contributed by atoms with Gasteiger partial charge in [-0.25, -0.2) is 0 Å². The first kappa shape index (κ1) is 14.7. The molecular formula is C11H22N4O3. The highest BCUT2D eigenvalue weighted by Gasteiger charge is 2.33. The van der Waals surface area contributed by atoms with Gasteiger partial charge in [0.25, 0.3) is 0 Å². The number of hydrogen-bond acceptors (Lipinski definition) is 5. The maximum Gasteiger partial charge on any atom is 0.233 e. The van der Waals surface area contributed by atoms with E-state index in [4.69, 9.17) is 15.7 Å². The van der Waals surface area contributed by atoms with Gasteiger partial charge in [0.05, 0.1) is 12.7 Å².